The smallest absolute Gasteiger partial charge is 0.162 e. The average Bonchev–Trinajstić information content (AvgIpc) is 2.42. The zero-order chi connectivity index (χ0) is 14.0. The van der Waals surface area contributed by atoms with E-state index in [1.54, 1.807) is 38.1 Å². The first-order chi connectivity index (χ1) is 9.02. The van der Waals surface area contributed by atoms with E-state index in [1.807, 2.05) is 0 Å². The van der Waals surface area contributed by atoms with Gasteiger partial charge in [-0.25, -0.2) is 8.78 Å². The predicted molar refractivity (Wildman–Crippen MR) is 71.2 cm³/mol. The van der Waals surface area contributed by atoms with Crippen molar-refractivity contribution in [3.8, 4) is 11.1 Å². The van der Waals surface area contributed by atoms with Crippen molar-refractivity contribution in [1.29, 1.82) is 0 Å². The fraction of sp³-hybridized carbons (Fsp3) is 0.188. The lowest BCUT2D eigenvalue weighted by Gasteiger charge is -2.07. The van der Waals surface area contributed by atoms with Crippen molar-refractivity contribution in [2.24, 2.45) is 0 Å². The maximum atomic E-state index is 13.8. The molecule has 0 heterocycles. The van der Waals surface area contributed by atoms with E-state index >= 15 is 0 Å². The summed E-state index contributed by atoms with van der Waals surface area (Å²) >= 11 is 0. The van der Waals surface area contributed by atoms with Gasteiger partial charge in [-0.05, 0) is 30.2 Å². The van der Waals surface area contributed by atoms with Gasteiger partial charge in [0.05, 0.1) is 0 Å². The van der Waals surface area contributed by atoms with Crippen LogP contribution < -0.4 is 0 Å². The van der Waals surface area contributed by atoms with E-state index in [0.717, 1.165) is 6.07 Å². The van der Waals surface area contributed by atoms with Crippen LogP contribution in [0.2, 0.25) is 0 Å². The fourth-order valence-electron chi connectivity index (χ4n) is 1.94. The topological polar surface area (TPSA) is 17.1 Å². The molecule has 0 aromatic heterocycles. The Bertz CT molecular complexity index is 633. The maximum Gasteiger partial charge on any atom is 0.162 e. The Hall–Kier alpha value is -2.03. The zero-order valence-electron chi connectivity index (χ0n) is 10.8. The molecule has 3 heteroatoms. The molecule has 0 unspecified atom stereocenters. The Morgan fingerprint density at radius 1 is 1.11 bits per heavy atom. The molecule has 0 aliphatic carbocycles. The number of ketones is 1. The minimum Gasteiger partial charge on any atom is -0.294 e. The molecule has 0 aliphatic rings. The van der Waals surface area contributed by atoms with Crippen LogP contribution in [-0.4, -0.2) is 5.78 Å². The Morgan fingerprint density at radius 3 is 2.53 bits per heavy atom. The molecule has 0 N–H and O–H groups in total. The maximum absolute atomic E-state index is 13.8. The molecule has 0 fully saturated rings. The van der Waals surface area contributed by atoms with E-state index in [2.05, 4.69) is 0 Å². The number of Topliss-reactive ketones (excluding diaryl/α,β-unsaturated/α-hetero) is 1. The van der Waals surface area contributed by atoms with Crippen molar-refractivity contribution in [1.82, 2.24) is 0 Å². The van der Waals surface area contributed by atoms with Gasteiger partial charge in [0, 0.05) is 23.6 Å². The Kier molecular flexibility index (Phi) is 3.74. The highest BCUT2D eigenvalue weighted by atomic mass is 19.1. The lowest BCUT2D eigenvalue weighted by atomic mass is 9.98. The van der Waals surface area contributed by atoms with Gasteiger partial charge in [-0.2, -0.15) is 0 Å². The number of carbonyl (C=O) groups is 1. The molecular formula is C16H14F2O. The summed E-state index contributed by atoms with van der Waals surface area (Å²) in [6.45, 7) is 3.36. The summed E-state index contributed by atoms with van der Waals surface area (Å²) in [7, 11) is 0. The van der Waals surface area contributed by atoms with Crippen LogP contribution in [-0.2, 0) is 0 Å². The molecule has 0 spiro atoms. The molecule has 0 saturated heterocycles. The van der Waals surface area contributed by atoms with Crippen LogP contribution >= 0.6 is 0 Å². The quantitative estimate of drug-likeness (QED) is 0.741. The van der Waals surface area contributed by atoms with E-state index in [0.29, 0.717) is 28.7 Å². The van der Waals surface area contributed by atoms with Crippen molar-refractivity contribution >= 4 is 5.78 Å². The SMILES string of the molecule is CCC(=O)c1cccc(-c2cc(C)c(F)cc2F)c1. The van der Waals surface area contributed by atoms with Gasteiger partial charge in [0.1, 0.15) is 11.6 Å². The van der Waals surface area contributed by atoms with Crippen LogP contribution in [0.25, 0.3) is 11.1 Å². The summed E-state index contributed by atoms with van der Waals surface area (Å²) in [5, 5.41) is 0. The molecule has 2 aromatic carbocycles. The zero-order valence-corrected chi connectivity index (χ0v) is 10.8. The van der Waals surface area contributed by atoms with E-state index in [-0.39, 0.29) is 5.78 Å². The van der Waals surface area contributed by atoms with Crippen LogP contribution in [0.1, 0.15) is 29.3 Å². The van der Waals surface area contributed by atoms with Gasteiger partial charge in [0.2, 0.25) is 0 Å². The minimum absolute atomic E-state index is 0.00101. The molecule has 0 radical (unpaired) electrons. The average molecular weight is 260 g/mol. The predicted octanol–water partition coefficient (Wildman–Crippen LogP) is 4.53. The normalized spacial score (nSPS) is 10.5. The first-order valence-corrected chi connectivity index (χ1v) is 6.12. The number of carbonyl (C=O) groups excluding carboxylic acids is 1. The second-order valence-corrected chi connectivity index (χ2v) is 4.44. The molecule has 0 saturated carbocycles. The highest BCUT2D eigenvalue weighted by Crippen LogP contribution is 2.26. The van der Waals surface area contributed by atoms with Crippen molar-refractivity contribution in [2.75, 3.05) is 0 Å². The second-order valence-electron chi connectivity index (χ2n) is 4.44. The molecule has 0 amide bonds. The number of hydrogen-bond acceptors (Lipinski definition) is 1. The summed E-state index contributed by atoms with van der Waals surface area (Å²) < 4.78 is 27.0. The standard InChI is InChI=1S/C16H14F2O/c1-3-16(19)12-6-4-5-11(8-12)13-7-10(2)14(17)9-15(13)18/h4-9H,3H2,1-2H3. The number of halogens is 2. The highest BCUT2D eigenvalue weighted by molar-refractivity contribution is 5.97. The van der Waals surface area contributed by atoms with Crippen molar-refractivity contribution < 1.29 is 13.6 Å². The van der Waals surface area contributed by atoms with Gasteiger partial charge < -0.3 is 0 Å². The first kappa shape index (κ1) is 13.4. The van der Waals surface area contributed by atoms with Crippen LogP contribution in [0.4, 0.5) is 8.78 Å². The fourth-order valence-corrected chi connectivity index (χ4v) is 1.94. The Labute approximate surface area is 110 Å². The summed E-state index contributed by atoms with van der Waals surface area (Å²) in [6.07, 6.45) is 0.397. The van der Waals surface area contributed by atoms with Crippen LogP contribution in [0.15, 0.2) is 36.4 Å². The number of benzene rings is 2. The van der Waals surface area contributed by atoms with Gasteiger partial charge >= 0.3 is 0 Å². The lowest BCUT2D eigenvalue weighted by molar-refractivity contribution is 0.0988. The van der Waals surface area contributed by atoms with Crippen LogP contribution in [0.3, 0.4) is 0 Å². The molecule has 0 bridgehead atoms. The van der Waals surface area contributed by atoms with Crippen molar-refractivity contribution in [2.45, 2.75) is 20.3 Å². The monoisotopic (exact) mass is 260 g/mol. The lowest BCUT2D eigenvalue weighted by Crippen LogP contribution is -1.97. The van der Waals surface area contributed by atoms with Gasteiger partial charge in [0.25, 0.3) is 0 Å². The summed E-state index contributed by atoms with van der Waals surface area (Å²) in [6, 6.07) is 9.09. The largest absolute Gasteiger partial charge is 0.294 e. The van der Waals surface area contributed by atoms with Gasteiger partial charge in [-0.15, -0.1) is 0 Å². The van der Waals surface area contributed by atoms with Crippen molar-refractivity contribution in [3.05, 3.63) is 59.2 Å². The van der Waals surface area contributed by atoms with Gasteiger partial charge in [-0.3, -0.25) is 4.79 Å². The number of rotatable bonds is 3. The molecule has 2 rings (SSSR count). The van der Waals surface area contributed by atoms with Crippen molar-refractivity contribution in [3.63, 3.8) is 0 Å². The Morgan fingerprint density at radius 2 is 1.84 bits per heavy atom. The first-order valence-electron chi connectivity index (χ1n) is 6.12. The molecule has 2 aromatic rings. The third-order valence-corrected chi connectivity index (χ3v) is 3.06. The minimum atomic E-state index is -0.621. The number of hydrogen-bond donors (Lipinski definition) is 0. The molecule has 0 atom stereocenters. The number of aryl methyl sites for hydroxylation is 1. The highest BCUT2D eigenvalue weighted by Gasteiger charge is 2.11. The van der Waals surface area contributed by atoms with E-state index in [9.17, 15) is 13.6 Å². The molecule has 0 aliphatic heterocycles. The summed E-state index contributed by atoms with van der Waals surface area (Å²) in [5.74, 6) is -1.19. The van der Waals surface area contributed by atoms with E-state index in [1.165, 1.54) is 6.07 Å². The third kappa shape index (κ3) is 2.70. The molecule has 98 valence electrons. The van der Waals surface area contributed by atoms with Crippen LogP contribution in [0.5, 0.6) is 0 Å². The Balaban J connectivity index is 2.53. The van der Waals surface area contributed by atoms with E-state index in [4.69, 9.17) is 0 Å². The molecule has 1 nitrogen and oxygen atoms in total. The molecular weight excluding hydrogens is 246 g/mol. The van der Waals surface area contributed by atoms with Crippen LogP contribution in [0, 0.1) is 18.6 Å². The van der Waals surface area contributed by atoms with E-state index < -0.39 is 11.6 Å². The second kappa shape index (κ2) is 5.31. The van der Waals surface area contributed by atoms with Gasteiger partial charge in [-0.1, -0.05) is 25.1 Å². The summed E-state index contributed by atoms with van der Waals surface area (Å²) in [4.78, 5) is 11.6. The molecule has 19 heavy (non-hydrogen) atoms. The van der Waals surface area contributed by atoms with Gasteiger partial charge in [0.15, 0.2) is 5.78 Å². The third-order valence-electron chi connectivity index (χ3n) is 3.06. The summed E-state index contributed by atoms with van der Waals surface area (Å²) in [5.41, 5.74) is 1.81.